The van der Waals surface area contributed by atoms with Crippen LogP contribution in [-0.4, -0.2) is 68.9 Å². The summed E-state index contributed by atoms with van der Waals surface area (Å²) in [5.41, 5.74) is 0. The molecule has 0 unspecified atom stereocenters. The van der Waals surface area contributed by atoms with Crippen LogP contribution >= 0.6 is 0 Å². The minimum atomic E-state index is 0.144. The molecule has 1 aromatic heterocycles. The SMILES string of the molecule is CC(=O)N1CCC(c2nnc(CN(C)CCO)n2C)CC1. The summed E-state index contributed by atoms with van der Waals surface area (Å²) in [6, 6.07) is 0. The summed E-state index contributed by atoms with van der Waals surface area (Å²) in [6.07, 6.45) is 1.88. The number of likely N-dealkylation sites (N-methyl/N-ethyl adjacent to an activating group) is 1. The third kappa shape index (κ3) is 3.79. The lowest BCUT2D eigenvalue weighted by molar-refractivity contribution is -0.129. The molecule has 1 N–H and O–H groups in total. The lowest BCUT2D eigenvalue weighted by atomic mass is 9.96. The van der Waals surface area contributed by atoms with Crippen molar-refractivity contribution in [1.82, 2.24) is 24.6 Å². The second-order valence-electron chi connectivity index (χ2n) is 5.78. The van der Waals surface area contributed by atoms with Crippen LogP contribution in [0.3, 0.4) is 0 Å². The van der Waals surface area contributed by atoms with Crippen LogP contribution in [0.4, 0.5) is 0 Å². The number of hydrogen-bond donors (Lipinski definition) is 1. The van der Waals surface area contributed by atoms with Crippen molar-refractivity contribution in [1.29, 1.82) is 0 Å². The molecule has 0 spiro atoms. The zero-order valence-electron chi connectivity index (χ0n) is 13.1. The van der Waals surface area contributed by atoms with E-state index in [0.717, 1.165) is 37.6 Å². The highest BCUT2D eigenvalue weighted by molar-refractivity contribution is 5.73. The fourth-order valence-corrected chi connectivity index (χ4v) is 2.81. The Balaban J connectivity index is 1.99. The van der Waals surface area contributed by atoms with Crippen LogP contribution in [0.2, 0.25) is 0 Å². The van der Waals surface area contributed by atoms with E-state index in [9.17, 15) is 4.79 Å². The first-order chi connectivity index (χ1) is 10.0. The number of piperidine rings is 1. The molecule has 1 aromatic rings. The Morgan fingerprint density at radius 2 is 2.05 bits per heavy atom. The first kappa shape index (κ1) is 15.9. The van der Waals surface area contributed by atoms with E-state index in [2.05, 4.69) is 14.8 Å². The summed E-state index contributed by atoms with van der Waals surface area (Å²) in [4.78, 5) is 15.3. The molecule has 0 aliphatic carbocycles. The van der Waals surface area contributed by atoms with E-state index in [1.165, 1.54) is 0 Å². The molecule has 21 heavy (non-hydrogen) atoms. The van der Waals surface area contributed by atoms with Crippen molar-refractivity contribution in [2.24, 2.45) is 7.05 Å². The van der Waals surface area contributed by atoms with Crippen LogP contribution < -0.4 is 0 Å². The molecule has 2 heterocycles. The van der Waals surface area contributed by atoms with Gasteiger partial charge in [-0.1, -0.05) is 0 Å². The molecule has 0 atom stereocenters. The summed E-state index contributed by atoms with van der Waals surface area (Å²) in [5.74, 6) is 2.44. The van der Waals surface area contributed by atoms with Gasteiger partial charge in [-0.15, -0.1) is 10.2 Å². The predicted molar refractivity (Wildman–Crippen MR) is 78.7 cm³/mol. The van der Waals surface area contributed by atoms with Crippen molar-refractivity contribution in [3.8, 4) is 0 Å². The monoisotopic (exact) mass is 295 g/mol. The molecular weight excluding hydrogens is 270 g/mol. The van der Waals surface area contributed by atoms with E-state index in [-0.39, 0.29) is 12.5 Å². The van der Waals surface area contributed by atoms with Crippen LogP contribution in [0.25, 0.3) is 0 Å². The fraction of sp³-hybridized carbons (Fsp3) is 0.786. The van der Waals surface area contributed by atoms with Crippen molar-refractivity contribution >= 4 is 5.91 Å². The second-order valence-corrected chi connectivity index (χ2v) is 5.78. The summed E-state index contributed by atoms with van der Waals surface area (Å²) >= 11 is 0. The number of rotatable bonds is 5. The van der Waals surface area contributed by atoms with E-state index in [1.54, 1.807) is 6.92 Å². The Bertz CT molecular complexity index is 480. The zero-order valence-corrected chi connectivity index (χ0v) is 13.1. The molecule has 1 saturated heterocycles. The number of aliphatic hydroxyl groups excluding tert-OH is 1. The summed E-state index contributed by atoms with van der Waals surface area (Å²) in [5, 5.41) is 17.6. The van der Waals surface area contributed by atoms with Gasteiger partial charge in [0.2, 0.25) is 5.91 Å². The first-order valence-electron chi connectivity index (χ1n) is 7.46. The number of carbonyl (C=O) groups excluding carboxylic acids is 1. The van der Waals surface area contributed by atoms with Gasteiger partial charge in [0.15, 0.2) is 0 Å². The maximum atomic E-state index is 11.4. The van der Waals surface area contributed by atoms with Gasteiger partial charge < -0.3 is 14.6 Å². The van der Waals surface area contributed by atoms with Crippen molar-refractivity contribution < 1.29 is 9.90 Å². The average molecular weight is 295 g/mol. The van der Waals surface area contributed by atoms with Crippen LogP contribution in [0, 0.1) is 0 Å². The Kier molecular flexibility index (Phi) is 5.30. The maximum absolute atomic E-state index is 11.4. The predicted octanol–water partition coefficient (Wildman–Crippen LogP) is -0.0349. The summed E-state index contributed by atoms with van der Waals surface area (Å²) < 4.78 is 2.06. The fourth-order valence-electron chi connectivity index (χ4n) is 2.81. The van der Waals surface area contributed by atoms with Crippen LogP contribution in [0.15, 0.2) is 0 Å². The van der Waals surface area contributed by atoms with Gasteiger partial charge in [0.25, 0.3) is 0 Å². The van der Waals surface area contributed by atoms with E-state index < -0.39 is 0 Å². The topological polar surface area (TPSA) is 74.5 Å². The van der Waals surface area contributed by atoms with E-state index in [1.807, 2.05) is 23.9 Å². The van der Waals surface area contributed by atoms with Gasteiger partial charge in [0, 0.05) is 39.5 Å². The minimum absolute atomic E-state index is 0.144. The van der Waals surface area contributed by atoms with E-state index in [4.69, 9.17) is 5.11 Å². The number of nitrogens with zero attached hydrogens (tertiary/aromatic N) is 5. The van der Waals surface area contributed by atoms with Crippen LogP contribution in [0.5, 0.6) is 0 Å². The number of amides is 1. The van der Waals surface area contributed by atoms with Gasteiger partial charge in [-0.05, 0) is 19.9 Å². The molecule has 0 bridgehead atoms. The van der Waals surface area contributed by atoms with Gasteiger partial charge in [0.05, 0.1) is 13.2 Å². The van der Waals surface area contributed by atoms with Gasteiger partial charge in [-0.3, -0.25) is 9.69 Å². The quantitative estimate of drug-likeness (QED) is 0.825. The van der Waals surface area contributed by atoms with Gasteiger partial charge in [0.1, 0.15) is 11.6 Å². The summed E-state index contributed by atoms with van der Waals surface area (Å²) in [6.45, 7) is 4.66. The highest BCUT2D eigenvalue weighted by atomic mass is 16.3. The second kappa shape index (κ2) is 7.00. The van der Waals surface area contributed by atoms with Crippen molar-refractivity contribution in [2.75, 3.05) is 33.3 Å². The molecular formula is C14H25N5O2. The zero-order chi connectivity index (χ0) is 15.4. The molecule has 7 nitrogen and oxygen atoms in total. The lowest BCUT2D eigenvalue weighted by Crippen LogP contribution is -2.36. The molecule has 2 rings (SSSR count). The Morgan fingerprint density at radius 1 is 1.38 bits per heavy atom. The number of likely N-dealkylation sites (tertiary alicyclic amines) is 1. The van der Waals surface area contributed by atoms with Crippen LogP contribution in [0.1, 0.15) is 37.3 Å². The van der Waals surface area contributed by atoms with Crippen molar-refractivity contribution in [3.63, 3.8) is 0 Å². The average Bonchev–Trinajstić information content (AvgIpc) is 2.80. The molecule has 0 saturated carbocycles. The summed E-state index contributed by atoms with van der Waals surface area (Å²) in [7, 11) is 3.95. The number of hydrogen-bond acceptors (Lipinski definition) is 5. The number of aromatic nitrogens is 3. The largest absolute Gasteiger partial charge is 0.395 e. The molecule has 7 heteroatoms. The molecule has 1 aliphatic rings. The van der Waals surface area contributed by atoms with Crippen LogP contribution in [-0.2, 0) is 18.4 Å². The van der Waals surface area contributed by atoms with Gasteiger partial charge >= 0.3 is 0 Å². The van der Waals surface area contributed by atoms with E-state index >= 15 is 0 Å². The van der Waals surface area contributed by atoms with Crippen molar-refractivity contribution in [3.05, 3.63) is 11.6 Å². The molecule has 118 valence electrons. The van der Waals surface area contributed by atoms with Gasteiger partial charge in [-0.25, -0.2) is 0 Å². The Labute approximate surface area is 125 Å². The highest BCUT2D eigenvalue weighted by Gasteiger charge is 2.26. The number of carbonyl (C=O) groups is 1. The normalized spacial score (nSPS) is 16.7. The smallest absolute Gasteiger partial charge is 0.219 e. The Morgan fingerprint density at radius 3 is 2.62 bits per heavy atom. The molecule has 1 amide bonds. The molecule has 0 aromatic carbocycles. The molecule has 1 aliphatic heterocycles. The molecule has 0 radical (unpaired) electrons. The molecule has 1 fully saturated rings. The number of aliphatic hydroxyl groups is 1. The standard InChI is InChI=1S/C14H25N5O2/c1-11(21)19-6-4-12(5-7-19)14-16-15-13(18(14)3)10-17(2)8-9-20/h12,20H,4-10H2,1-3H3. The first-order valence-corrected chi connectivity index (χ1v) is 7.46. The van der Waals surface area contributed by atoms with Gasteiger partial charge in [-0.2, -0.15) is 0 Å². The maximum Gasteiger partial charge on any atom is 0.219 e. The lowest BCUT2D eigenvalue weighted by Gasteiger charge is -2.30. The van der Waals surface area contributed by atoms with Crippen molar-refractivity contribution in [2.45, 2.75) is 32.2 Å². The van der Waals surface area contributed by atoms with E-state index in [0.29, 0.717) is 19.0 Å². The minimum Gasteiger partial charge on any atom is -0.395 e. The Hall–Kier alpha value is -1.47. The third-order valence-corrected chi connectivity index (χ3v) is 4.20. The third-order valence-electron chi connectivity index (χ3n) is 4.20. The highest BCUT2D eigenvalue weighted by Crippen LogP contribution is 2.26.